The first-order chi connectivity index (χ1) is 15.0. The number of nitrogens with zero attached hydrogens (tertiary/aromatic N) is 1. The molecule has 0 spiro atoms. The molecule has 1 atom stereocenters. The second-order valence-corrected chi connectivity index (χ2v) is 7.78. The number of ether oxygens (including phenoxy) is 3. The number of hydrogen-bond donors (Lipinski definition) is 0. The van der Waals surface area contributed by atoms with Gasteiger partial charge in [-0.2, -0.15) is 0 Å². The highest BCUT2D eigenvalue weighted by molar-refractivity contribution is 5.92. The number of hydrogen-bond acceptors (Lipinski definition) is 5. The summed E-state index contributed by atoms with van der Waals surface area (Å²) in [5, 5.41) is 0. The quantitative estimate of drug-likeness (QED) is 0.576. The van der Waals surface area contributed by atoms with Crippen LogP contribution in [0.15, 0.2) is 53.1 Å². The second kappa shape index (κ2) is 8.76. The maximum Gasteiger partial charge on any atom is 0.290 e. The van der Waals surface area contributed by atoms with Crippen LogP contribution in [0.5, 0.6) is 17.2 Å². The zero-order valence-corrected chi connectivity index (χ0v) is 18.3. The van der Waals surface area contributed by atoms with Crippen LogP contribution < -0.4 is 14.2 Å². The van der Waals surface area contributed by atoms with Gasteiger partial charge in [-0.05, 0) is 78.9 Å². The molecule has 3 aromatic rings. The molecule has 4 rings (SSSR count). The lowest BCUT2D eigenvalue weighted by atomic mass is 9.92. The highest BCUT2D eigenvalue weighted by Gasteiger charge is 2.34. The van der Waals surface area contributed by atoms with E-state index in [9.17, 15) is 4.79 Å². The minimum Gasteiger partial charge on any atom is -0.493 e. The lowest BCUT2D eigenvalue weighted by Crippen LogP contribution is -2.42. The van der Waals surface area contributed by atoms with Gasteiger partial charge in [0.2, 0.25) is 0 Å². The van der Waals surface area contributed by atoms with Crippen molar-refractivity contribution in [2.45, 2.75) is 26.3 Å². The van der Waals surface area contributed by atoms with Crippen molar-refractivity contribution in [3.8, 4) is 17.2 Å². The Balaban J connectivity index is 1.70. The van der Waals surface area contributed by atoms with Gasteiger partial charge in [0.1, 0.15) is 12.4 Å². The maximum atomic E-state index is 13.2. The van der Waals surface area contributed by atoms with E-state index in [1.165, 1.54) is 6.26 Å². The van der Waals surface area contributed by atoms with Crippen molar-refractivity contribution >= 4 is 5.91 Å². The predicted molar refractivity (Wildman–Crippen MR) is 117 cm³/mol. The number of methoxy groups -OCH3 is 2. The van der Waals surface area contributed by atoms with Crippen LogP contribution in [0.4, 0.5) is 0 Å². The Morgan fingerprint density at radius 2 is 1.77 bits per heavy atom. The molecular weight excluding hydrogens is 394 g/mol. The van der Waals surface area contributed by atoms with Crippen LogP contribution in [0.25, 0.3) is 0 Å². The van der Waals surface area contributed by atoms with Gasteiger partial charge in [0.25, 0.3) is 5.91 Å². The van der Waals surface area contributed by atoms with Crippen molar-refractivity contribution < 1.29 is 23.4 Å². The Kier molecular flexibility index (Phi) is 5.89. The molecule has 0 saturated carbocycles. The molecule has 2 aromatic carbocycles. The third kappa shape index (κ3) is 4.24. The van der Waals surface area contributed by atoms with Crippen molar-refractivity contribution in [2.75, 3.05) is 27.4 Å². The topological polar surface area (TPSA) is 61.1 Å². The zero-order chi connectivity index (χ0) is 22.0. The molecule has 0 bridgehead atoms. The Bertz CT molecular complexity index is 1050. The van der Waals surface area contributed by atoms with Crippen LogP contribution in [0.3, 0.4) is 0 Å². The number of amides is 1. The molecule has 0 N–H and O–H groups in total. The largest absolute Gasteiger partial charge is 0.493 e. The van der Waals surface area contributed by atoms with Gasteiger partial charge in [-0.15, -0.1) is 0 Å². The summed E-state index contributed by atoms with van der Waals surface area (Å²) < 4.78 is 22.6. The van der Waals surface area contributed by atoms with Gasteiger partial charge in [-0.3, -0.25) is 4.79 Å². The number of carbonyl (C=O) groups is 1. The number of furan rings is 1. The summed E-state index contributed by atoms with van der Waals surface area (Å²) in [5.74, 6) is 2.27. The third-order valence-corrected chi connectivity index (χ3v) is 5.60. The molecule has 0 fully saturated rings. The summed E-state index contributed by atoms with van der Waals surface area (Å²) >= 11 is 0. The van der Waals surface area contributed by atoms with E-state index in [4.69, 9.17) is 18.6 Å². The van der Waals surface area contributed by atoms with E-state index in [2.05, 4.69) is 6.07 Å². The lowest BCUT2D eigenvalue weighted by Gasteiger charge is -2.37. The van der Waals surface area contributed by atoms with Crippen molar-refractivity contribution in [1.29, 1.82) is 0 Å². The monoisotopic (exact) mass is 421 g/mol. The van der Waals surface area contributed by atoms with Crippen molar-refractivity contribution in [3.05, 3.63) is 76.7 Å². The van der Waals surface area contributed by atoms with Gasteiger partial charge in [0.15, 0.2) is 17.3 Å². The molecule has 0 saturated heterocycles. The van der Waals surface area contributed by atoms with E-state index in [0.29, 0.717) is 36.8 Å². The Morgan fingerprint density at radius 3 is 2.42 bits per heavy atom. The van der Waals surface area contributed by atoms with Crippen LogP contribution in [0.1, 0.15) is 38.9 Å². The van der Waals surface area contributed by atoms with E-state index >= 15 is 0 Å². The smallest absolute Gasteiger partial charge is 0.290 e. The molecule has 1 aliphatic rings. The highest BCUT2D eigenvalue weighted by atomic mass is 16.5. The van der Waals surface area contributed by atoms with Crippen molar-refractivity contribution in [3.63, 3.8) is 0 Å². The predicted octanol–water partition coefficient (Wildman–Crippen LogP) is 4.73. The molecule has 0 unspecified atom stereocenters. The van der Waals surface area contributed by atoms with Crippen LogP contribution in [-0.2, 0) is 6.42 Å². The molecule has 162 valence electrons. The average molecular weight is 421 g/mol. The van der Waals surface area contributed by atoms with Gasteiger partial charge in [0.05, 0.1) is 26.5 Å². The molecule has 1 aromatic heterocycles. The van der Waals surface area contributed by atoms with Crippen molar-refractivity contribution in [1.82, 2.24) is 4.90 Å². The molecule has 0 radical (unpaired) electrons. The molecule has 0 aliphatic carbocycles. The molecule has 1 amide bonds. The molecule has 31 heavy (non-hydrogen) atoms. The molecular formula is C25H27NO5. The molecule has 1 aliphatic heterocycles. The number of fused-ring (bicyclic) bond motifs is 1. The lowest BCUT2D eigenvalue weighted by molar-refractivity contribution is 0.0557. The fourth-order valence-corrected chi connectivity index (χ4v) is 4.18. The van der Waals surface area contributed by atoms with Crippen LogP contribution in [-0.4, -0.2) is 38.2 Å². The Hall–Kier alpha value is -3.41. The highest BCUT2D eigenvalue weighted by Crippen LogP contribution is 2.39. The van der Waals surface area contributed by atoms with Crippen LogP contribution >= 0.6 is 0 Å². The standard InChI is InChI=1S/C25H27NO5/c1-16-10-17(2)12-19(11-16)31-15-21-20-14-24(29-4)23(28-3)13-18(20)7-8-26(21)25(27)22-6-5-9-30-22/h5-6,9-14,21H,7-8,15H2,1-4H3/t21-/m0/s1. The minimum atomic E-state index is -0.290. The Labute approximate surface area is 182 Å². The first kappa shape index (κ1) is 20.8. The van der Waals surface area contributed by atoms with Crippen molar-refractivity contribution in [2.24, 2.45) is 0 Å². The number of rotatable bonds is 6. The van der Waals surface area contributed by atoms with E-state index in [0.717, 1.165) is 28.0 Å². The molecule has 6 heteroatoms. The molecule has 2 heterocycles. The number of aryl methyl sites for hydroxylation is 2. The summed E-state index contributed by atoms with van der Waals surface area (Å²) in [6, 6.07) is 13.2. The van der Waals surface area contributed by atoms with Gasteiger partial charge in [-0.1, -0.05) is 6.07 Å². The SMILES string of the molecule is COc1cc2c(cc1OC)[C@H](COc1cc(C)cc(C)c1)N(C(=O)c1ccco1)CC2. The second-order valence-electron chi connectivity index (χ2n) is 7.78. The fraction of sp³-hybridized carbons (Fsp3) is 0.320. The first-order valence-electron chi connectivity index (χ1n) is 10.3. The summed E-state index contributed by atoms with van der Waals surface area (Å²) in [4.78, 5) is 15.0. The van der Waals surface area contributed by atoms with Gasteiger partial charge in [0, 0.05) is 6.54 Å². The van der Waals surface area contributed by atoms with E-state index in [1.54, 1.807) is 26.4 Å². The number of carbonyl (C=O) groups excluding carboxylic acids is 1. The summed E-state index contributed by atoms with van der Waals surface area (Å²) in [5.41, 5.74) is 4.38. The van der Waals surface area contributed by atoms with Crippen LogP contribution in [0.2, 0.25) is 0 Å². The third-order valence-electron chi connectivity index (χ3n) is 5.60. The molecule has 6 nitrogen and oxygen atoms in total. The van der Waals surface area contributed by atoms with Gasteiger partial charge < -0.3 is 23.5 Å². The van der Waals surface area contributed by atoms with Gasteiger partial charge >= 0.3 is 0 Å². The first-order valence-corrected chi connectivity index (χ1v) is 10.3. The van der Waals surface area contributed by atoms with E-state index in [1.807, 2.05) is 43.0 Å². The normalized spacial score (nSPS) is 15.4. The van der Waals surface area contributed by atoms with Gasteiger partial charge in [-0.25, -0.2) is 0 Å². The summed E-state index contributed by atoms with van der Waals surface area (Å²) in [6.07, 6.45) is 2.22. The zero-order valence-electron chi connectivity index (χ0n) is 18.3. The maximum absolute atomic E-state index is 13.2. The minimum absolute atomic E-state index is 0.153. The fourth-order valence-electron chi connectivity index (χ4n) is 4.18. The average Bonchev–Trinajstić information content (AvgIpc) is 3.30. The number of benzene rings is 2. The summed E-state index contributed by atoms with van der Waals surface area (Å²) in [7, 11) is 3.24. The van der Waals surface area contributed by atoms with Crippen LogP contribution in [0, 0.1) is 13.8 Å². The summed E-state index contributed by atoms with van der Waals surface area (Å²) in [6.45, 7) is 4.96. The van der Waals surface area contributed by atoms with E-state index < -0.39 is 0 Å². The Morgan fingerprint density at radius 1 is 1.06 bits per heavy atom. The van der Waals surface area contributed by atoms with E-state index in [-0.39, 0.29) is 11.9 Å².